The second-order valence-corrected chi connectivity index (χ2v) is 10.9. The summed E-state index contributed by atoms with van der Waals surface area (Å²) in [5, 5.41) is 0. The minimum atomic E-state index is -0.268. The van der Waals surface area contributed by atoms with Crippen LogP contribution in [0.1, 0.15) is 35.6 Å². The number of piperidine rings is 1. The van der Waals surface area contributed by atoms with Crippen LogP contribution in [-0.4, -0.2) is 49.0 Å². The maximum Gasteiger partial charge on any atom is 0.113 e. The normalized spacial score (nSPS) is 20.9. The fraction of sp³-hybridized carbons (Fsp3) is 0.351. The van der Waals surface area contributed by atoms with Crippen LogP contribution in [0.3, 0.4) is 0 Å². The molecule has 42 heavy (non-hydrogen) atoms. The van der Waals surface area contributed by atoms with Crippen LogP contribution in [0.5, 0.6) is 0 Å². The van der Waals surface area contributed by atoms with Gasteiger partial charge in [-0.3, -0.25) is 4.90 Å². The first-order valence-electron chi connectivity index (χ1n) is 15.1. The molecule has 5 nitrogen and oxygen atoms in total. The average Bonchev–Trinajstić information content (AvgIpc) is 3.05. The van der Waals surface area contributed by atoms with Crippen LogP contribution in [0.25, 0.3) is 0 Å². The number of likely N-dealkylation sites (tertiary alicyclic amines) is 1. The highest BCUT2D eigenvalue weighted by molar-refractivity contribution is 5.16. The highest BCUT2D eigenvalue weighted by atomic mass is 16.6. The lowest BCUT2D eigenvalue weighted by molar-refractivity contribution is -0.210. The summed E-state index contributed by atoms with van der Waals surface area (Å²) in [5.74, 6) is 0. The van der Waals surface area contributed by atoms with Crippen molar-refractivity contribution in [2.75, 3.05) is 19.7 Å². The molecule has 0 unspecified atom stereocenters. The Morgan fingerprint density at radius 1 is 0.548 bits per heavy atom. The van der Waals surface area contributed by atoms with Crippen LogP contribution in [0.15, 0.2) is 121 Å². The fourth-order valence-electron chi connectivity index (χ4n) is 5.59. The van der Waals surface area contributed by atoms with Crippen molar-refractivity contribution >= 4 is 0 Å². The molecule has 0 saturated carbocycles. The van der Waals surface area contributed by atoms with Crippen molar-refractivity contribution in [1.82, 2.24) is 4.90 Å². The standard InChI is InChI=1S/C37H43NO4/c1-2-23-38-24-35(40-26-31-17-9-4-10-18-31)37(42-28-33-21-13-6-14-22-33)36(41-27-32-19-11-5-12-20-32)34(38)29-39-25-30-15-7-3-8-16-30/h3-22,34-37H,2,23-29H2,1H3/t34-,35-,36+,37+/m0/s1. The van der Waals surface area contributed by atoms with Gasteiger partial charge in [0.15, 0.2) is 0 Å². The fourth-order valence-corrected chi connectivity index (χ4v) is 5.59. The Labute approximate surface area is 251 Å². The first-order chi connectivity index (χ1) is 20.8. The number of ether oxygens (including phenoxy) is 4. The van der Waals surface area contributed by atoms with Gasteiger partial charge >= 0.3 is 0 Å². The maximum atomic E-state index is 6.82. The summed E-state index contributed by atoms with van der Waals surface area (Å²) in [6, 6.07) is 41.4. The van der Waals surface area contributed by atoms with Gasteiger partial charge in [-0.25, -0.2) is 0 Å². The lowest BCUT2D eigenvalue weighted by Gasteiger charge is -2.48. The van der Waals surface area contributed by atoms with Crippen molar-refractivity contribution in [3.63, 3.8) is 0 Å². The summed E-state index contributed by atoms with van der Waals surface area (Å²) in [5.41, 5.74) is 4.58. The molecule has 4 aromatic rings. The molecule has 4 atom stereocenters. The second kappa shape index (κ2) is 16.4. The van der Waals surface area contributed by atoms with Gasteiger partial charge < -0.3 is 18.9 Å². The van der Waals surface area contributed by atoms with Crippen LogP contribution in [0.2, 0.25) is 0 Å². The number of hydrogen-bond donors (Lipinski definition) is 0. The topological polar surface area (TPSA) is 40.2 Å². The molecule has 0 bridgehead atoms. The summed E-state index contributed by atoms with van der Waals surface area (Å²) in [7, 11) is 0. The summed E-state index contributed by atoms with van der Waals surface area (Å²) >= 11 is 0. The van der Waals surface area contributed by atoms with Crippen molar-refractivity contribution < 1.29 is 18.9 Å². The van der Waals surface area contributed by atoms with Gasteiger partial charge in [-0.1, -0.05) is 128 Å². The predicted molar refractivity (Wildman–Crippen MR) is 167 cm³/mol. The molecule has 0 radical (unpaired) electrons. The summed E-state index contributed by atoms with van der Waals surface area (Å²) in [6.07, 6.45) is 0.357. The largest absolute Gasteiger partial charge is 0.375 e. The molecule has 0 aliphatic carbocycles. The molecule has 0 spiro atoms. The third kappa shape index (κ3) is 8.84. The predicted octanol–water partition coefficient (Wildman–Crippen LogP) is 7.05. The molecule has 1 heterocycles. The average molecular weight is 566 g/mol. The monoisotopic (exact) mass is 565 g/mol. The third-order valence-electron chi connectivity index (χ3n) is 7.74. The Morgan fingerprint density at radius 3 is 1.45 bits per heavy atom. The van der Waals surface area contributed by atoms with Crippen molar-refractivity contribution in [3.05, 3.63) is 144 Å². The van der Waals surface area contributed by atoms with E-state index in [0.717, 1.165) is 41.8 Å². The Kier molecular flexibility index (Phi) is 11.7. The summed E-state index contributed by atoms with van der Waals surface area (Å²) in [4.78, 5) is 2.48. The molecule has 5 rings (SSSR count). The van der Waals surface area contributed by atoms with Crippen molar-refractivity contribution in [2.45, 2.75) is 64.1 Å². The van der Waals surface area contributed by atoms with Gasteiger partial charge in [0.1, 0.15) is 12.2 Å². The number of hydrogen-bond acceptors (Lipinski definition) is 5. The molecule has 220 valence electrons. The molecular formula is C37H43NO4. The van der Waals surface area contributed by atoms with Gasteiger partial charge in [-0.05, 0) is 35.2 Å². The minimum absolute atomic E-state index is 0.0229. The lowest BCUT2D eigenvalue weighted by Crippen LogP contribution is -2.64. The van der Waals surface area contributed by atoms with E-state index in [0.29, 0.717) is 33.0 Å². The molecule has 1 saturated heterocycles. The zero-order valence-corrected chi connectivity index (χ0v) is 24.6. The van der Waals surface area contributed by atoms with E-state index in [1.807, 2.05) is 24.3 Å². The van der Waals surface area contributed by atoms with E-state index in [9.17, 15) is 0 Å². The Bertz CT molecular complexity index is 1270. The summed E-state index contributed by atoms with van der Waals surface area (Å²) < 4.78 is 26.6. The number of rotatable bonds is 15. The molecule has 1 aliphatic heterocycles. The van der Waals surface area contributed by atoms with Gasteiger partial charge in [-0.15, -0.1) is 0 Å². The van der Waals surface area contributed by atoms with E-state index in [4.69, 9.17) is 18.9 Å². The van der Waals surface area contributed by atoms with E-state index in [-0.39, 0.29) is 24.4 Å². The van der Waals surface area contributed by atoms with Crippen molar-refractivity contribution in [2.24, 2.45) is 0 Å². The van der Waals surface area contributed by atoms with Crippen molar-refractivity contribution in [1.29, 1.82) is 0 Å². The van der Waals surface area contributed by atoms with E-state index in [1.54, 1.807) is 0 Å². The van der Waals surface area contributed by atoms with Gasteiger partial charge in [0.05, 0.1) is 45.2 Å². The zero-order valence-electron chi connectivity index (χ0n) is 24.6. The molecule has 1 fully saturated rings. The van der Waals surface area contributed by atoms with Gasteiger partial charge in [-0.2, -0.15) is 0 Å². The minimum Gasteiger partial charge on any atom is -0.375 e. The molecule has 5 heteroatoms. The Balaban J connectivity index is 1.40. The molecule has 0 amide bonds. The lowest BCUT2D eigenvalue weighted by atomic mass is 9.92. The Hall–Kier alpha value is -3.32. The molecular weight excluding hydrogens is 522 g/mol. The van der Waals surface area contributed by atoms with Crippen molar-refractivity contribution in [3.8, 4) is 0 Å². The molecule has 0 N–H and O–H groups in total. The molecule has 4 aromatic carbocycles. The summed E-state index contributed by atoms with van der Waals surface area (Å²) in [6.45, 7) is 6.53. The van der Waals surface area contributed by atoms with Crippen LogP contribution in [0.4, 0.5) is 0 Å². The van der Waals surface area contributed by atoms with Crippen LogP contribution < -0.4 is 0 Å². The van der Waals surface area contributed by atoms with E-state index < -0.39 is 0 Å². The smallest absolute Gasteiger partial charge is 0.113 e. The van der Waals surface area contributed by atoms with Gasteiger partial charge in [0.2, 0.25) is 0 Å². The highest BCUT2D eigenvalue weighted by Crippen LogP contribution is 2.29. The van der Waals surface area contributed by atoms with E-state index >= 15 is 0 Å². The SMILES string of the molecule is CCCN1C[C@H](OCc2ccccc2)[C@@H](OCc2ccccc2)[C@H](OCc2ccccc2)[C@@H]1COCc1ccccc1. The number of benzene rings is 4. The van der Waals surface area contributed by atoms with E-state index in [2.05, 4.69) is 109 Å². The van der Waals surface area contributed by atoms with Crippen LogP contribution in [0, 0.1) is 0 Å². The van der Waals surface area contributed by atoms with Gasteiger partial charge in [0, 0.05) is 6.54 Å². The van der Waals surface area contributed by atoms with E-state index in [1.165, 1.54) is 0 Å². The third-order valence-corrected chi connectivity index (χ3v) is 7.74. The molecule has 0 aromatic heterocycles. The van der Waals surface area contributed by atoms with Crippen LogP contribution in [-0.2, 0) is 45.4 Å². The molecule has 1 aliphatic rings. The highest BCUT2D eigenvalue weighted by Gasteiger charge is 2.45. The maximum absolute atomic E-state index is 6.82. The first kappa shape index (κ1) is 30.1. The Morgan fingerprint density at radius 2 is 0.976 bits per heavy atom. The quantitative estimate of drug-likeness (QED) is 0.154. The number of nitrogens with zero attached hydrogens (tertiary/aromatic N) is 1. The van der Waals surface area contributed by atoms with Crippen LogP contribution >= 0.6 is 0 Å². The zero-order chi connectivity index (χ0) is 28.8. The first-order valence-corrected chi connectivity index (χ1v) is 15.1. The second-order valence-electron chi connectivity index (χ2n) is 10.9. The van der Waals surface area contributed by atoms with Gasteiger partial charge in [0.25, 0.3) is 0 Å².